The molecule has 0 unspecified atom stereocenters. The zero-order chi connectivity index (χ0) is 14.2. The lowest BCUT2D eigenvalue weighted by Gasteiger charge is -2.24. The number of aryl methyl sites for hydroxylation is 1. The van der Waals surface area contributed by atoms with Gasteiger partial charge >= 0.3 is 0 Å². The number of methoxy groups -OCH3 is 1. The van der Waals surface area contributed by atoms with Crippen molar-refractivity contribution in [2.75, 3.05) is 26.8 Å². The highest BCUT2D eigenvalue weighted by Crippen LogP contribution is 2.30. The molecule has 20 heavy (non-hydrogen) atoms. The SMILES string of the molecule is COCCNC/C(=C/c1ccc(C)o1)C1CCCCC1. The standard InChI is InChI=1S/C17H27NO2/c1-14-8-9-17(20-14)12-16(13-18-10-11-19-2)15-6-4-3-5-7-15/h8-9,12,15,18H,3-7,10-11,13H2,1-2H3/b16-12-. The molecule has 0 atom stereocenters. The molecule has 1 saturated carbocycles. The molecule has 1 aliphatic carbocycles. The zero-order valence-electron chi connectivity index (χ0n) is 12.8. The maximum Gasteiger partial charge on any atom is 0.127 e. The van der Waals surface area contributed by atoms with Crippen LogP contribution in [0, 0.1) is 12.8 Å². The summed E-state index contributed by atoms with van der Waals surface area (Å²) >= 11 is 0. The summed E-state index contributed by atoms with van der Waals surface area (Å²) in [5, 5.41) is 3.48. The van der Waals surface area contributed by atoms with Crippen molar-refractivity contribution in [3.05, 3.63) is 29.2 Å². The summed E-state index contributed by atoms with van der Waals surface area (Å²) in [4.78, 5) is 0. The van der Waals surface area contributed by atoms with Crippen LogP contribution in [0.5, 0.6) is 0 Å². The maximum atomic E-state index is 5.70. The van der Waals surface area contributed by atoms with Gasteiger partial charge in [-0.15, -0.1) is 0 Å². The third-order valence-corrected chi connectivity index (χ3v) is 4.03. The predicted molar refractivity (Wildman–Crippen MR) is 82.7 cm³/mol. The summed E-state index contributed by atoms with van der Waals surface area (Å²) in [6.45, 7) is 4.60. The van der Waals surface area contributed by atoms with Gasteiger partial charge in [0.05, 0.1) is 6.61 Å². The Hall–Kier alpha value is -1.06. The van der Waals surface area contributed by atoms with Crippen molar-refractivity contribution in [1.29, 1.82) is 0 Å². The third kappa shape index (κ3) is 4.80. The second kappa shape index (κ2) is 8.28. The largest absolute Gasteiger partial charge is 0.462 e. The van der Waals surface area contributed by atoms with Crippen LogP contribution in [0.2, 0.25) is 0 Å². The third-order valence-electron chi connectivity index (χ3n) is 4.03. The van der Waals surface area contributed by atoms with E-state index in [1.165, 1.54) is 37.7 Å². The predicted octanol–water partition coefficient (Wildman–Crippen LogP) is 3.79. The number of hydrogen-bond donors (Lipinski definition) is 1. The number of rotatable bonds is 7. The van der Waals surface area contributed by atoms with Crippen molar-refractivity contribution in [3.8, 4) is 0 Å². The molecule has 112 valence electrons. The molecule has 1 N–H and O–H groups in total. The van der Waals surface area contributed by atoms with Gasteiger partial charge < -0.3 is 14.5 Å². The topological polar surface area (TPSA) is 34.4 Å². The Morgan fingerprint density at radius 2 is 2.15 bits per heavy atom. The average Bonchev–Trinajstić information content (AvgIpc) is 2.88. The van der Waals surface area contributed by atoms with E-state index in [2.05, 4.69) is 17.5 Å². The number of furan rings is 1. The minimum Gasteiger partial charge on any atom is -0.462 e. The van der Waals surface area contributed by atoms with Crippen LogP contribution < -0.4 is 5.32 Å². The fourth-order valence-electron chi connectivity index (χ4n) is 2.91. The van der Waals surface area contributed by atoms with Crippen LogP contribution in [0.4, 0.5) is 0 Å². The van der Waals surface area contributed by atoms with Crippen molar-refractivity contribution >= 4 is 6.08 Å². The highest BCUT2D eigenvalue weighted by molar-refractivity contribution is 5.49. The van der Waals surface area contributed by atoms with Crippen LogP contribution >= 0.6 is 0 Å². The highest BCUT2D eigenvalue weighted by Gasteiger charge is 2.18. The quantitative estimate of drug-likeness (QED) is 0.770. The van der Waals surface area contributed by atoms with E-state index in [0.717, 1.165) is 31.2 Å². The van der Waals surface area contributed by atoms with Gasteiger partial charge in [-0.05, 0) is 49.5 Å². The summed E-state index contributed by atoms with van der Waals surface area (Å²) in [6, 6.07) is 4.09. The van der Waals surface area contributed by atoms with Gasteiger partial charge in [-0.1, -0.05) is 19.3 Å². The second-order valence-electron chi connectivity index (χ2n) is 5.67. The van der Waals surface area contributed by atoms with Crippen molar-refractivity contribution in [3.63, 3.8) is 0 Å². The van der Waals surface area contributed by atoms with Crippen LogP contribution in [0.1, 0.15) is 43.6 Å². The molecule has 0 amide bonds. The molecule has 0 aromatic carbocycles. The molecule has 1 fully saturated rings. The van der Waals surface area contributed by atoms with Gasteiger partial charge in [-0.25, -0.2) is 0 Å². The van der Waals surface area contributed by atoms with Gasteiger partial charge in [0.2, 0.25) is 0 Å². The van der Waals surface area contributed by atoms with Crippen molar-refractivity contribution in [2.45, 2.75) is 39.0 Å². The molecule has 2 rings (SSSR count). The van der Waals surface area contributed by atoms with Crippen LogP contribution in [0.25, 0.3) is 6.08 Å². The van der Waals surface area contributed by atoms with Gasteiger partial charge in [0, 0.05) is 20.2 Å². The van der Waals surface area contributed by atoms with Gasteiger partial charge in [0.1, 0.15) is 11.5 Å². The molecule has 0 spiro atoms. The Morgan fingerprint density at radius 3 is 2.80 bits per heavy atom. The van der Waals surface area contributed by atoms with Crippen molar-refractivity contribution < 1.29 is 9.15 Å². The second-order valence-corrected chi connectivity index (χ2v) is 5.67. The van der Waals surface area contributed by atoms with Crippen LogP contribution in [0.3, 0.4) is 0 Å². The van der Waals surface area contributed by atoms with Gasteiger partial charge in [-0.2, -0.15) is 0 Å². The van der Waals surface area contributed by atoms with Crippen LogP contribution in [-0.4, -0.2) is 26.8 Å². The fraction of sp³-hybridized carbons (Fsp3) is 0.647. The van der Waals surface area contributed by atoms with Crippen molar-refractivity contribution in [1.82, 2.24) is 5.32 Å². The van der Waals surface area contributed by atoms with Crippen LogP contribution in [0.15, 0.2) is 22.1 Å². The summed E-state index contributed by atoms with van der Waals surface area (Å²) in [7, 11) is 1.74. The molecule has 3 nitrogen and oxygen atoms in total. The van der Waals surface area contributed by atoms with E-state index in [0.29, 0.717) is 5.92 Å². The van der Waals surface area contributed by atoms with E-state index in [4.69, 9.17) is 9.15 Å². The zero-order valence-corrected chi connectivity index (χ0v) is 12.8. The van der Waals surface area contributed by atoms with Gasteiger partial charge in [0.15, 0.2) is 0 Å². The minimum atomic E-state index is 0.712. The lowest BCUT2D eigenvalue weighted by Crippen LogP contribution is -2.25. The van der Waals surface area contributed by atoms with E-state index < -0.39 is 0 Å². The Labute approximate surface area is 122 Å². The molecular weight excluding hydrogens is 250 g/mol. The summed E-state index contributed by atoms with van der Waals surface area (Å²) < 4.78 is 10.8. The van der Waals surface area contributed by atoms with E-state index >= 15 is 0 Å². The van der Waals surface area contributed by atoms with Crippen LogP contribution in [-0.2, 0) is 4.74 Å². The normalized spacial score (nSPS) is 17.6. The lowest BCUT2D eigenvalue weighted by atomic mass is 9.83. The van der Waals surface area contributed by atoms with E-state index in [-0.39, 0.29) is 0 Å². The Bertz CT molecular complexity index is 416. The molecule has 1 aromatic heterocycles. The molecule has 0 bridgehead atoms. The highest BCUT2D eigenvalue weighted by atomic mass is 16.5. The Balaban J connectivity index is 2.00. The maximum absolute atomic E-state index is 5.70. The Kier molecular flexibility index (Phi) is 6.34. The van der Waals surface area contributed by atoms with E-state index in [9.17, 15) is 0 Å². The first kappa shape index (κ1) is 15.3. The lowest BCUT2D eigenvalue weighted by molar-refractivity contribution is 0.200. The molecular formula is C17H27NO2. The molecule has 0 saturated heterocycles. The number of ether oxygens (including phenoxy) is 1. The molecule has 3 heteroatoms. The first-order valence-corrected chi connectivity index (χ1v) is 7.76. The molecule has 0 radical (unpaired) electrons. The van der Waals surface area contributed by atoms with Crippen molar-refractivity contribution in [2.24, 2.45) is 5.92 Å². The summed E-state index contributed by atoms with van der Waals surface area (Å²) in [6.07, 6.45) is 8.98. The molecule has 0 aliphatic heterocycles. The first-order valence-electron chi connectivity index (χ1n) is 7.76. The van der Waals surface area contributed by atoms with Gasteiger partial charge in [-0.3, -0.25) is 0 Å². The Morgan fingerprint density at radius 1 is 1.35 bits per heavy atom. The molecule has 1 aliphatic rings. The fourth-order valence-corrected chi connectivity index (χ4v) is 2.91. The molecule has 1 aromatic rings. The smallest absolute Gasteiger partial charge is 0.127 e. The average molecular weight is 277 g/mol. The minimum absolute atomic E-state index is 0.712. The molecule has 1 heterocycles. The number of hydrogen-bond acceptors (Lipinski definition) is 3. The summed E-state index contributed by atoms with van der Waals surface area (Å²) in [5.41, 5.74) is 1.48. The summed E-state index contributed by atoms with van der Waals surface area (Å²) in [5.74, 6) is 2.67. The number of nitrogens with one attached hydrogen (secondary N) is 1. The first-order chi connectivity index (χ1) is 9.79. The van der Waals surface area contributed by atoms with Gasteiger partial charge in [0.25, 0.3) is 0 Å². The van der Waals surface area contributed by atoms with E-state index in [1.54, 1.807) is 7.11 Å². The monoisotopic (exact) mass is 277 g/mol. The van der Waals surface area contributed by atoms with E-state index in [1.807, 2.05) is 13.0 Å².